The number of ether oxygens (including phenoxy) is 1. The number of aromatic nitrogens is 1. The number of thiazole rings is 1. The normalized spacial score (nSPS) is 11.0. The average Bonchev–Trinajstić information content (AvgIpc) is 2.86. The minimum Gasteiger partial charge on any atom is -0.462 e. The Hall–Kier alpha value is -2.36. The molecule has 0 radical (unpaired) electrons. The molecule has 7 heteroatoms. The third-order valence-electron chi connectivity index (χ3n) is 2.68. The van der Waals surface area contributed by atoms with E-state index in [1.807, 2.05) is 6.07 Å². The summed E-state index contributed by atoms with van der Waals surface area (Å²) in [6.45, 7) is 1.88. The van der Waals surface area contributed by atoms with Gasteiger partial charge in [0.05, 0.1) is 17.2 Å². The second kappa shape index (κ2) is 7.07. The summed E-state index contributed by atoms with van der Waals surface area (Å²) < 4.78 is 4.84. The fourth-order valence-corrected chi connectivity index (χ4v) is 2.66. The minimum atomic E-state index is -0.668. The van der Waals surface area contributed by atoms with Gasteiger partial charge >= 0.3 is 5.97 Å². The molecule has 0 aliphatic carbocycles. The smallest absolute Gasteiger partial charge is 0.348 e. The minimum absolute atomic E-state index is 0.0966. The number of nitrogens with zero attached hydrogens (tertiary/aromatic N) is 2. The summed E-state index contributed by atoms with van der Waals surface area (Å²) in [6, 6.07) is 8.89. The van der Waals surface area contributed by atoms with Crippen molar-refractivity contribution in [3.05, 3.63) is 39.7 Å². The van der Waals surface area contributed by atoms with Gasteiger partial charge in [0, 0.05) is 10.6 Å². The SMILES string of the molecule is CCOC(=O)/C(C#N)=C/c1sc(N)nc1-c1ccc(Cl)cc1. The second-order valence-electron chi connectivity index (χ2n) is 4.16. The number of nitriles is 1. The Balaban J connectivity index is 2.46. The highest BCUT2D eigenvalue weighted by molar-refractivity contribution is 7.16. The van der Waals surface area contributed by atoms with Crippen molar-refractivity contribution in [3.63, 3.8) is 0 Å². The van der Waals surface area contributed by atoms with Crippen molar-refractivity contribution in [1.29, 1.82) is 5.26 Å². The van der Waals surface area contributed by atoms with E-state index in [0.29, 0.717) is 20.7 Å². The van der Waals surface area contributed by atoms with E-state index in [1.54, 1.807) is 31.2 Å². The van der Waals surface area contributed by atoms with Crippen molar-refractivity contribution in [1.82, 2.24) is 4.98 Å². The molecular formula is C15H12ClN3O2S. The predicted molar refractivity (Wildman–Crippen MR) is 87.2 cm³/mol. The zero-order valence-corrected chi connectivity index (χ0v) is 13.2. The van der Waals surface area contributed by atoms with Crippen LogP contribution in [0.15, 0.2) is 29.8 Å². The lowest BCUT2D eigenvalue weighted by atomic mass is 10.1. The number of carbonyl (C=O) groups excluding carboxylic acids is 1. The summed E-state index contributed by atoms with van der Waals surface area (Å²) in [5.41, 5.74) is 7.04. The standard InChI is InChI=1S/C15H12ClN3O2S/c1-2-21-14(20)10(8-17)7-12-13(19-15(18)22-12)9-3-5-11(16)6-4-9/h3-7H,2H2,1H3,(H2,18,19)/b10-7+. The third-order valence-corrected chi connectivity index (χ3v) is 3.76. The number of benzene rings is 1. The van der Waals surface area contributed by atoms with E-state index in [9.17, 15) is 4.79 Å². The summed E-state index contributed by atoms with van der Waals surface area (Å²) in [6.07, 6.45) is 1.44. The van der Waals surface area contributed by atoms with Gasteiger partial charge in [0.1, 0.15) is 11.6 Å². The van der Waals surface area contributed by atoms with Gasteiger partial charge in [0.2, 0.25) is 0 Å². The molecule has 1 heterocycles. The van der Waals surface area contributed by atoms with Gasteiger partial charge in [-0.05, 0) is 25.1 Å². The summed E-state index contributed by atoms with van der Waals surface area (Å²) in [5.74, 6) is -0.668. The summed E-state index contributed by atoms with van der Waals surface area (Å²) in [5, 5.41) is 10.1. The van der Waals surface area contributed by atoms with E-state index in [1.165, 1.54) is 17.4 Å². The van der Waals surface area contributed by atoms with Crippen LogP contribution >= 0.6 is 22.9 Å². The van der Waals surface area contributed by atoms with Crippen LogP contribution in [0.25, 0.3) is 17.3 Å². The number of anilines is 1. The molecule has 22 heavy (non-hydrogen) atoms. The van der Waals surface area contributed by atoms with Gasteiger partial charge in [-0.1, -0.05) is 35.1 Å². The predicted octanol–water partition coefficient (Wildman–Crippen LogP) is 3.52. The Kier molecular flexibility index (Phi) is 5.15. The third kappa shape index (κ3) is 3.64. The van der Waals surface area contributed by atoms with Crippen LogP contribution in [0.1, 0.15) is 11.8 Å². The zero-order chi connectivity index (χ0) is 16.1. The molecule has 0 saturated heterocycles. The highest BCUT2D eigenvalue weighted by Crippen LogP contribution is 2.32. The van der Waals surface area contributed by atoms with E-state index < -0.39 is 5.97 Å². The maximum Gasteiger partial charge on any atom is 0.348 e. The van der Waals surface area contributed by atoms with Crippen LogP contribution in [0, 0.1) is 11.3 Å². The topological polar surface area (TPSA) is 89.0 Å². The van der Waals surface area contributed by atoms with E-state index in [0.717, 1.165) is 5.56 Å². The number of halogens is 1. The van der Waals surface area contributed by atoms with Crippen molar-refractivity contribution in [3.8, 4) is 17.3 Å². The Labute approximate surface area is 136 Å². The van der Waals surface area contributed by atoms with E-state index in [-0.39, 0.29) is 12.2 Å². The van der Waals surface area contributed by atoms with Gasteiger partial charge in [-0.3, -0.25) is 0 Å². The van der Waals surface area contributed by atoms with Crippen molar-refractivity contribution >= 4 is 40.1 Å². The number of hydrogen-bond donors (Lipinski definition) is 1. The monoisotopic (exact) mass is 333 g/mol. The summed E-state index contributed by atoms with van der Waals surface area (Å²) in [4.78, 5) is 16.6. The molecule has 2 rings (SSSR count). The van der Waals surface area contributed by atoms with Crippen molar-refractivity contribution < 1.29 is 9.53 Å². The first-order valence-corrected chi connectivity index (χ1v) is 7.55. The number of carbonyl (C=O) groups is 1. The highest BCUT2D eigenvalue weighted by Gasteiger charge is 2.15. The van der Waals surface area contributed by atoms with Gasteiger partial charge in [0.15, 0.2) is 5.13 Å². The number of nitrogen functional groups attached to an aromatic ring is 1. The van der Waals surface area contributed by atoms with Gasteiger partial charge in [-0.25, -0.2) is 9.78 Å². The maximum atomic E-state index is 11.7. The van der Waals surface area contributed by atoms with Crippen LogP contribution in [0.4, 0.5) is 5.13 Å². The number of hydrogen-bond acceptors (Lipinski definition) is 6. The molecule has 0 saturated carbocycles. The summed E-state index contributed by atoms with van der Waals surface area (Å²) in [7, 11) is 0. The highest BCUT2D eigenvalue weighted by atomic mass is 35.5. The van der Waals surface area contributed by atoms with Crippen LogP contribution in [0.2, 0.25) is 5.02 Å². The first-order chi connectivity index (χ1) is 10.5. The molecule has 0 spiro atoms. The molecule has 5 nitrogen and oxygen atoms in total. The van der Waals surface area contributed by atoms with Crippen molar-refractivity contribution in [2.75, 3.05) is 12.3 Å². The molecule has 1 aromatic carbocycles. The van der Waals surface area contributed by atoms with Gasteiger partial charge < -0.3 is 10.5 Å². The lowest BCUT2D eigenvalue weighted by molar-refractivity contribution is -0.137. The molecule has 2 aromatic rings. The van der Waals surface area contributed by atoms with Gasteiger partial charge in [-0.2, -0.15) is 5.26 Å². The second-order valence-corrected chi connectivity index (χ2v) is 5.66. The molecule has 2 N–H and O–H groups in total. The Morgan fingerprint density at radius 1 is 1.50 bits per heavy atom. The number of rotatable bonds is 4. The van der Waals surface area contributed by atoms with Crippen LogP contribution in [-0.4, -0.2) is 17.6 Å². The van der Waals surface area contributed by atoms with E-state index in [2.05, 4.69) is 4.98 Å². The molecule has 0 aliphatic heterocycles. The van der Waals surface area contributed by atoms with Gasteiger partial charge in [0.25, 0.3) is 0 Å². The molecule has 0 fully saturated rings. The molecule has 0 unspecified atom stereocenters. The average molecular weight is 334 g/mol. The lowest BCUT2D eigenvalue weighted by Gasteiger charge is -2.01. The number of esters is 1. The Morgan fingerprint density at radius 3 is 2.77 bits per heavy atom. The van der Waals surface area contributed by atoms with Crippen LogP contribution in [-0.2, 0) is 9.53 Å². The van der Waals surface area contributed by atoms with Gasteiger partial charge in [-0.15, -0.1) is 0 Å². The molecular weight excluding hydrogens is 322 g/mol. The molecule has 112 valence electrons. The fraction of sp³-hybridized carbons (Fsp3) is 0.133. The molecule has 0 amide bonds. The van der Waals surface area contributed by atoms with Crippen molar-refractivity contribution in [2.24, 2.45) is 0 Å². The van der Waals surface area contributed by atoms with Crippen LogP contribution < -0.4 is 5.73 Å². The fourth-order valence-electron chi connectivity index (χ4n) is 1.74. The van der Waals surface area contributed by atoms with Crippen LogP contribution in [0.5, 0.6) is 0 Å². The molecule has 1 aromatic heterocycles. The Bertz CT molecular complexity index is 760. The lowest BCUT2D eigenvalue weighted by Crippen LogP contribution is -2.05. The van der Waals surface area contributed by atoms with E-state index >= 15 is 0 Å². The first kappa shape index (κ1) is 16.0. The quantitative estimate of drug-likeness (QED) is 0.525. The molecule has 0 atom stereocenters. The summed E-state index contributed by atoms with van der Waals surface area (Å²) >= 11 is 7.06. The van der Waals surface area contributed by atoms with E-state index in [4.69, 9.17) is 27.3 Å². The maximum absolute atomic E-state index is 11.7. The zero-order valence-electron chi connectivity index (χ0n) is 11.7. The first-order valence-electron chi connectivity index (χ1n) is 6.36. The number of nitrogens with two attached hydrogens (primary N) is 1. The molecule has 0 bridgehead atoms. The van der Waals surface area contributed by atoms with Crippen molar-refractivity contribution in [2.45, 2.75) is 6.92 Å². The Morgan fingerprint density at radius 2 is 2.18 bits per heavy atom. The van der Waals surface area contributed by atoms with Crippen LogP contribution in [0.3, 0.4) is 0 Å². The largest absolute Gasteiger partial charge is 0.462 e. The molecule has 0 aliphatic rings.